The van der Waals surface area contributed by atoms with Crippen LogP contribution in [0.3, 0.4) is 0 Å². The molecule has 4 N–H and O–H groups in total. The molecule has 0 aliphatic heterocycles. The number of hydrogen-bond acceptors (Lipinski definition) is 3. The molecule has 0 heterocycles. The Morgan fingerprint density at radius 2 is 1.75 bits per heavy atom. The van der Waals surface area contributed by atoms with Gasteiger partial charge in [0, 0.05) is 12.1 Å². The number of rotatable bonds is 5. The van der Waals surface area contributed by atoms with Crippen molar-refractivity contribution >= 4 is 5.91 Å². The molecule has 1 amide bonds. The van der Waals surface area contributed by atoms with Crippen LogP contribution < -0.4 is 11.1 Å². The zero-order chi connectivity index (χ0) is 14.4. The smallest absolute Gasteiger partial charge is 0.251 e. The Bertz CT molecular complexity index is 552. The van der Waals surface area contributed by atoms with Gasteiger partial charge in [-0.2, -0.15) is 0 Å². The quantitative estimate of drug-likeness (QED) is 0.772. The molecule has 20 heavy (non-hydrogen) atoms. The minimum atomic E-state index is -0.405. The maximum absolute atomic E-state index is 12.1. The van der Waals surface area contributed by atoms with Gasteiger partial charge in [-0.25, -0.2) is 0 Å². The summed E-state index contributed by atoms with van der Waals surface area (Å²) in [6.45, 7) is 0.307. The molecule has 1 atom stereocenters. The highest BCUT2D eigenvalue weighted by atomic mass is 16.3. The van der Waals surface area contributed by atoms with Crippen molar-refractivity contribution in [2.24, 2.45) is 5.73 Å². The molecule has 0 aliphatic carbocycles. The summed E-state index contributed by atoms with van der Waals surface area (Å²) < 4.78 is 0. The molecule has 0 bridgehead atoms. The van der Waals surface area contributed by atoms with Gasteiger partial charge in [-0.1, -0.05) is 42.5 Å². The van der Waals surface area contributed by atoms with Gasteiger partial charge in [-0.05, 0) is 23.3 Å². The summed E-state index contributed by atoms with van der Waals surface area (Å²) >= 11 is 0. The van der Waals surface area contributed by atoms with Gasteiger partial charge in [0.25, 0.3) is 5.91 Å². The molecular weight excluding hydrogens is 252 g/mol. The Hall–Kier alpha value is -2.17. The lowest BCUT2D eigenvalue weighted by atomic mass is 10.1. The molecule has 2 aromatic carbocycles. The third-order valence-electron chi connectivity index (χ3n) is 3.14. The maximum Gasteiger partial charge on any atom is 0.251 e. The molecule has 0 aromatic heterocycles. The molecule has 4 nitrogen and oxygen atoms in total. The van der Waals surface area contributed by atoms with E-state index in [0.29, 0.717) is 12.1 Å². The normalized spacial score (nSPS) is 11.9. The second-order valence-electron chi connectivity index (χ2n) is 4.52. The fourth-order valence-electron chi connectivity index (χ4n) is 1.95. The first-order valence-electron chi connectivity index (χ1n) is 6.50. The van der Waals surface area contributed by atoms with Gasteiger partial charge in [-0.15, -0.1) is 0 Å². The maximum atomic E-state index is 12.1. The number of benzene rings is 2. The van der Waals surface area contributed by atoms with E-state index in [4.69, 9.17) is 5.73 Å². The van der Waals surface area contributed by atoms with Gasteiger partial charge in [0.05, 0.1) is 12.6 Å². The van der Waals surface area contributed by atoms with E-state index in [-0.39, 0.29) is 12.5 Å². The number of aliphatic hydroxyl groups excluding tert-OH is 1. The molecule has 0 fully saturated rings. The van der Waals surface area contributed by atoms with E-state index in [1.54, 1.807) is 12.1 Å². The highest BCUT2D eigenvalue weighted by Crippen LogP contribution is 2.13. The van der Waals surface area contributed by atoms with Crippen molar-refractivity contribution in [1.29, 1.82) is 0 Å². The average Bonchev–Trinajstić information content (AvgIpc) is 2.53. The number of nitrogens with one attached hydrogen (secondary N) is 1. The van der Waals surface area contributed by atoms with E-state index < -0.39 is 6.04 Å². The molecule has 0 saturated heterocycles. The van der Waals surface area contributed by atoms with Gasteiger partial charge in [-0.3, -0.25) is 4.79 Å². The molecule has 2 aromatic rings. The third kappa shape index (κ3) is 3.44. The van der Waals surface area contributed by atoms with Crippen LogP contribution in [0.4, 0.5) is 0 Å². The molecule has 4 heteroatoms. The summed E-state index contributed by atoms with van der Waals surface area (Å²) in [5, 5.41) is 12.2. The highest BCUT2D eigenvalue weighted by Gasteiger charge is 2.14. The summed E-state index contributed by atoms with van der Waals surface area (Å²) in [5.74, 6) is -0.212. The van der Waals surface area contributed by atoms with Crippen LogP contribution in [-0.4, -0.2) is 17.6 Å². The second kappa shape index (κ2) is 6.84. The molecule has 0 saturated carbocycles. The minimum Gasteiger partial charge on any atom is -0.394 e. The number of hydrogen-bond donors (Lipinski definition) is 3. The molecule has 0 unspecified atom stereocenters. The molecule has 0 aliphatic rings. The standard InChI is InChI=1S/C16H18N2O2/c17-10-12-6-8-14(9-7-12)16(20)18-15(11-19)13-4-2-1-3-5-13/h1-9,15,19H,10-11,17H2,(H,18,20)/t15-/m0/s1. The van der Waals surface area contributed by atoms with Gasteiger partial charge in [0.1, 0.15) is 0 Å². The summed E-state index contributed by atoms with van der Waals surface area (Å²) in [6, 6.07) is 16.1. The van der Waals surface area contributed by atoms with Crippen molar-refractivity contribution in [1.82, 2.24) is 5.32 Å². The van der Waals surface area contributed by atoms with Crippen LogP contribution in [0.15, 0.2) is 54.6 Å². The van der Waals surface area contributed by atoms with Crippen LogP contribution in [0.25, 0.3) is 0 Å². The van der Waals surface area contributed by atoms with Crippen molar-refractivity contribution in [2.45, 2.75) is 12.6 Å². The summed E-state index contributed by atoms with van der Waals surface area (Å²) in [4.78, 5) is 12.1. The Balaban J connectivity index is 2.09. The van der Waals surface area contributed by atoms with E-state index in [2.05, 4.69) is 5.32 Å². The first-order valence-corrected chi connectivity index (χ1v) is 6.50. The largest absolute Gasteiger partial charge is 0.394 e. The SMILES string of the molecule is NCc1ccc(C(=O)N[C@@H](CO)c2ccccc2)cc1. The third-order valence-corrected chi connectivity index (χ3v) is 3.14. The Morgan fingerprint density at radius 1 is 1.10 bits per heavy atom. The topological polar surface area (TPSA) is 75.4 Å². The lowest BCUT2D eigenvalue weighted by Gasteiger charge is -2.16. The van der Waals surface area contributed by atoms with Gasteiger partial charge in [0.15, 0.2) is 0 Å². The predicted molar refractivity (Wildman–Crippen MR) is 78.1 cm³/mol. The lowest BCUT2D eigenvalue weighted by molar-refractivity contribution is 0.0916. The van der Waals surface area contributed by atoms with Crippen LogP contribution >= 0.6 is 0 Å². The van der Waals surface area contributed by atoms with E-state index in [0.717, 1.165) is 11.1 Å². The zero-order valence-electron chi connectivity index (χ0n) is 11.1. The zero-order valence-corrected chi connectivity index (χ0v) is 11.1. The van der Waals surface area contributed by atoms with Crippen molar-refractivity contribution in [3.05, 3.63) is 71.3 Å². The first kappa shape index (κ1) is 14.2. The van der Waals surface area contributed by atoms with Crippen molar-refractivity contribution in [3.8, 4) is 0 Å². The lowest BCUT2D eigenvalue weighted by Crippen LogP contribution is -2.30. The van der Waals surface area contributed by atoms with Gasteiger partial charge >= 0.3 is 0 Å². The molecule has 104 valence electrons. The number of carbonyl (C=O) groups excluding carboxylic acids is 1. The summed E-state index contributed by atoms with van der Waals surface area (Å²) in [6.07, 6.45) is 0. The van der Waals surface area contributed by atoms with E-state index in [9.17, 15) is 9.90 Å². The van der Waals surface area contributed by atoms with Crippen molar-refractivity contribution < 1.29 is 9.90 Å². The van der Waals surface area contributed by atoms with Crippen LogP contribution in [-0.2, 0) is 6.54 Å². The first-order chi connectivity index (χ1) is 9.74. The minimum absolute atomic E-state index is 0.142. The number of aliphatic hydroxyl groups is 1. The second-order valence-corrected chi connectivity index (χ2v) is 4.52. The summed E-state index contributed by atoms with van der Waals surface area (Å²) in [7, 11) is 0. The van der Waals surface area contributed by atoms with E-state index >= 15 is 0 Å². The van der Waals surface area contributed by atoms with Crippen molar-refractivity contribution in [2.75, 3.05) is 6.61 Å². The monoisotopic (exact) mass is 270 g/mol. The van der Waals surface area contributed by atoms with Crippen LogP contribution in [0, 0.1) is 0 Å². The molecular formula is C16H18N2O2. The predicted octanol–water partition coefficient (Wildman–Crippen LogP) is 1.61. The average molecular weight is 270 g/mol. The highest BCUT2D eigenvalue weighted by molar-refractivity contribution is 5.94. The Kier molecular flexibility index (Phi) is 4.87. The Morgan fingerprint density at radius 3 is 2.30 bits per heavy atom. The molecule has 0 radical (unpaired) electrons. The summed E-state index contributed by atoms with van der Waals surface area (Å²) in [5.41, 5.74) is 7.93. The molecule has 2 rings (SSSR count). The fraction of sp³-hybridized carbons (Fsp3) is 0.188. The molecule has 0 spiro atoms. The Labute approximate surface area is 118 Å². The van der Waals surface area contributed by atoms with Gasteiger partial charge in [0.2, 0.25) is 0 Å². The van der Waals surface area contributed by atoms with Crippen LogP contribution in [0.1, 0.15) is 27.5 Å². The van der Waals surface area contributed by atoms with Crippen LogP contribution in [0.5, 0.6) is 0 Å². The number of amides is 1. The van der Waals surface area contributed by atoms with Crippen LogP contribution in [0.2, 0.25) is 0 Å². The fourth-order valence-corrected chi connectivity index (χ4v) is 1.95. The van der Waals surface area contributed by atoms with Crippen molar-refractivity contribution in [3.63, 3.8) is 0 Å². The number of carbonyl (C=O) groups is 1. The number of nitrogens with two attached hydrogens (primary N) is 1. The van der Waals surface area contributed by atoms with E-state index in [1.165, 1.54) is 0 Å². The van der Waals surface area contributed by atoms with E-state index in [1.807, 2.05) is 42.5 Å². The van der Waals surface area contributed by atoms with Gasteiger partial charge < -0.3 is 16.2 Å².